The molecule has 0 atom stereocenters. The van der Waals surface area contributed by atoms with Crippen LogP contribution in [0, 0.1) is 0 Å². The van der Waals surface area contributed by atoms with Crippen LogP contribution >= 0.6 is 0 Å². The van der Waals surface area contributed by atoms with Crippen LogP contribution in [0.15, 0.2) is 0 Å². The van der Waals surface area contributed by atoms with Crippen LogP contribution in [0.4, 0.5) is 0 Å². The molecule has 0 aliphatic carbocycles. The average Bonchev–Trinajstić information content (AvgIpc) is 3.05. The van der Waals surface area contributed by atoms with E-state index in [9.17, 15) is 0 Å². The molecular formula is O22Si23. The molecule has 0 saturated carbocycles. The number of rotatable bonds is 42. The van der Waals surface area contributed by atoms with Crippen molar-refractivity contribution in [2.24, 2.45) is 0 Å². The summed E-state index contributed by atoms with van der Waals surface area (Å²) in [5, 5.41) is 0. The average molecular weight is 998 g/mol. The molecule has 22 nitrogen and oxygen atoms in total. The van der Waals surface area contributed by atoms with E-state index in [1.165, 1.54) is 0 Å². The summed E-state index contributed by atoms with van der Waals surface area (Å²) in [5.41, 5.74) is 0. The van der Waals surface area contributed by atoms with Gasteiger partial charge in [-0.3, -0.25) is 0 Å². The Morgan fingerprint density at radius 2 is 0.244 bits per heavy atom. The van der Waals surface area contributed by atoms with Crippen LogP contribution in [-0.2, 0) is 90.5 Å². The van der Waals surface area contributed by atoms with Crippen molar-refractivity contribution in [1.29, 1.82) is 0 Å². The minimum atomic E-state index is -0.261. The Morgan fingerprint density at radius 3 is 0.333 bits per heavy atom. The topological polar surface area (TPSA) is 203 Å². The van der Waals surface area contributed by atoms with Crippen LogP contribution in [0.2, 0.25) is 0 Å². The Kier molecular flexibility index (Phi) is 52.5. The molecule has 45 heteroatoms. The van der Waals surface area contributed by atoms with Crippen molar-refractivity contribution < 1.29 is 90.5 Å². The zero-order valence-corrected chi connectivity index (χ0v) is 43.5. The highest BCUT2D eigenvalue weighted by atomic mass is 28.4. The van der Waals surface area contributed by atoms with Crippen molar-refractivity contribution >= 4 is 231 Å². The highest BCUT2D eigenvalue weighted by Gasteiger charge is 2.07. The molecule has 0 bridgehead atoms. The summed E-state index contributed by atoms with van der Waals surface area (Å²) in [6, 6.07) is 0. The van der Waals surface area contributed by atoms with Crippen LogP contribution in [0.25, 0.3) is 0 Å². The molecule has 0 aliphatic heterocycles. The van der Waals surface area contributed by atoms with Gasteiger partial charge in [-0.1, -0.05) is 0 Å². The Labute approximate surface area is 319 Å². The maximum absolute atomic E-state index is 5.14. The van der Waals surface area contributed by atoms with Gasteiger partial charge in [-0.2, -0.15) is 0 Å². The molecule has 0 amide bonds. The molecule has 0 heterocycles. The van der Waals surface area contributed by atoms with E-state index in [-0.39, 0.29) is 210 Å². The first kappa shape index (κ1) is 49.1. The van der Waals surface area contributed by atoms with Gasteiger partial charge in [0.25, 0.3) is 0 Å². The van der Waals surface area contributed by atoms with E-state index in [0.29, 0.717) is 0 Å². The predicted molar refractivity (Wildman–Crippen MR) is 156 cm³/mol. The Hall–Kier alpha value is 4.11. The molecule has 0 spiro atoms. The zero-order valence-electron chi connectivity index (χ0n) is 20.5. The van der Waals surface area contributed by atoms with Gasteiger partial charge < -0.3 is 90.5 Å². The number of hydrogen-bond donors (Lipinski definition) is 0. The van der Waals surface area contributed by atoms with Crippen LogP contribution in [0.1, 0.15) is 0 Å². The zero-order chi connectivity index (χ0) is 32.4. The maximum atomic E-state index is 5.14. The van der Waals surface area contributed by atoms with Crippen molar-refractivity contribution in [3.8, 4) is 0 Å². The fourth-order valence-corrected chi connectivity index (χ4v) is 14.9. The van der Waals surface area contributed by atoms with Crippen molar-refractivity contribution in [3.63, 3.8) is 0 Å². The van der Waals surface area contributed by atoms with Gasteiger partial charge in [-0.25, -0.2) is 0 Å². The third-order valence-electron chi connectivity index (χ3n) is 1.75. The monoisotopic (exact) mass is 995 g/mol. The summed E-state index contributed by atoms with van der Waals surface area (Å²) in [6.45, 7) is 0. The largest absolute Gasteiger partial charge is 0.435 e. The lowest BCUT2D eigenvalue weighted by Gasteiger charge is -2.04. The maximum Gasteiger partial charge on any atom is 0.412 e. The van der Waals surface area contributed by atoms with E-state index >= 15 is 0 Å². The van der Waals surface area contributed by atoms with E-state index < -0.39 is 0 Å². The molecule has 0 saturated heterocycles. The Morgan fingerprint density at radius 1 is 0.156 bits per heavy atom. The third-order valence-corrected chi connectivity index (χ3v) is 15.8. The van der Waals surface area contributed by atoms with Crippen molar-refractivity contribution in [2.75, 3.05) is 0 Å². The van der Waals surface area contributed by atoms with Gasteiger partial charge >= 0.3 is 210 Å². The summed E-state index contributed by atoms with van der Waals surface area (Å²) < 4.78 is 111. The second-order valence-electron chi connectivity index (χ2n) is 4.00. The number of hydrogen-bond acceptors (Lipinski definition) is 22. The predicted octanol–water partition coefficient (Wildman–Crippen LogP) is -10.3. The van der Waals surface area contributed by atoms with Crippen molar-refractivity contribution in [2.45, 2.75) is 0 Å². The minimum Gasteiger partial charge on any atom is -0.435 e. The molecule has 224 valence electrons. The quantitative estimate of drug-likeness (QED) is 0.0412. The van der Waals surface area contributed by atoms with E-state index in [4.69, 9.17) is 82.3 Å². The normalized spacial score (nSPS) is 11.6. The molecule has 45 heavy (non-hydrogen) atoms. The lowest BCUT2D eigenvalue weighted by Crippen LogP contribution is -2.22. The Bertz CT molecular complexity index is 470. The van der Waals surface area contributed by atoms with Gasteiger partial charge in [0.2, 0.25) is 21.0 Å². The van der Waals surface area contributed by atoms with E-state index in [2.05, 4.69) is 29.2 Å². The molecule has 0 fully saturated rings. The molecule has 0 N–H and O–H groups in total. The third kappa shape index (κ3) is 48.1. The summed E-state index contributed by atoms with van der Waals surface area (Å²) in [4.78, 5) is 0. The summed E-state index contributed by atoms with van der Waals surface area (Å²) >= 11 is 0. The summed E-state index contributed by atoms with van der Waals surface area (Å²) in [7, 11) is 0.873. The summed E-state index contributed by atoms with van der Waals surface area (Å²) in [5.74, 6) is 0. The molecule has 0 aromatic heterocycles. The molecule has 0 aromatic rings. The highest BCUT2D eigenvalue weighted by Crippen LogP contribution is 1.81. The smallest absolute Gasteiger partial charge is 0.412 e. The summed E-state index contributed by atoms with van der Waals surface area (Å²) in [6.07, 6.45) is 0. The highest BCUT2D eigenvalue weighted by molar-refractivity contribution is 6.52. The lowest BCUT2D eigenvalue weighted by molar-refractivity contribution is 0.355. The van der Waals surface area contributed by atoms with Crippen LogP contribution in [0.5, 0.6) is 0 Å². The fourth-order valence-electron chi connectivity index (χ4n) is 0.778. The van der Waals surface area contributed by atoms with E-state index in [0.717, 1.165) is 0 Å². The van der Waals surface area contributed by atoms with Crippen molar-refractivity contribution in [1.82, 2.24) is 0 Å². The molecular weight excluding hydrogens is 998 g/mol. The molecule has 0 unspecified atom stereocenters. The molecule has 48 radical (unpaired) electrons. The van der Waals surface area contributed by atoms with Gasteiger partial charge in [0.05, 0.1) is 0 Å². The minimum absolute atomic E-state index is 0.138. The molecule has 0 aromatic carbocycles. The van der Waals surface area contributed by atoms with Gasteiger partial charge in [-0.05, 0) is 0 Å². The first-order chi connectivity index (χ1) is 22.4. The lowest BCUT2D eigenvalue weighted by atomic mass is 15.7. The van der Waals surface area contributed by atoms with E-state index in [1.807, 2.05) is 0 Å². The Balaban J connectivity index is 3.03. The second kappa shape index (κ2) is 48.1. The van der Waals surface area contributed by atoms with Crippen LogP contribution in [0.3, 0.4) is 0 Å². The second-order valence-corrected chi connectivity index (χ2v) is 25.5. The SMILES string of the molecule is [Si]O[Si]O[Si]O[Si]O[Si]O[Si]O[Si]O[Si]O[Si]O[Si]O[Si]O[Si]O[Si]O[Si]O[Si]O[Si]O[Si]O[Si]O[Si]O[Si]O[Si]O[Si]O[Si]. The van der Waals surface area contributed by atoms with Crippen LogP contribution < -0.4 is 0 Å². The molecule has 0 rings (SSSR count). The van der Waals surface area contributed by atoms with Gasteiger partial charge in [0.1, 0.15) is 0 Å². The fraction of sp³-hybridized carbons (Fsp3) is 0. The first-order valence-corrected chi connectivity index (χ1v) is 26.9. The van der Waals surface area contributed by atoms with Gasteiger partial charge in [0, 0.05) is 0 Å². The van der Waals surface area contributed by atoms with Crippen molar-refractivity contribution in [3.05, 3.63) is 0 Å². The molecule has 0 aliphatic rings. The van der Waals surface area contributed by atoms with Gasteiger partial charge in [0.15, 0.2) is 0 Å². The first-order valence-electron chi connectivity index (χ1n) is 8.98. The van der Waals surface area contributed by atoms with Gasteiger partial charge in [-0.15, -0.1) is 0 Å². The van der Waals surface area contributed by atoms with Crippen LogP contribution in [-0.4, -0.2) is 231 Å². The standard InChI is InChI=1S/O22Si23/c23-1-25-3-27-5-29-7-31-9-33-11-35-13-37-15-39-17-41-19-43-21-45-22-44-20-42-18-40-16-38-14-36-12-34-10-32-8-30-6-28-4-26-2-24. The van der Waals surface area contributed by atoms with E-state index in [1.54, 1.807) is 0 Å².